The van der Waals surface area contributed by atoms with Crippen LogP contribution in [0.2, 0.25) is 0 Å². The van der Waals surface area contributed by atoms with Crippen molar-refractivity contribution in [2.24, 2.45) is 4.99 Å². The largest absolute Gasteiger partial charge is 0.444 e. The third kappa shape index (κ3) is 7.93. The molecule has 1 atom stereocenters. The van der Waals surface area contributed by atoms with Gasteiger partial charge in [0, 0.05) is 33.2 Å². The molecule has 0 aromatic heterocycles. The normalized spacial score (nSPS) is 17.6. The van der Waals surface area contributed by atoms with E-state index in [9.17, 15) is 4.79 Å². The molecule has 1 saturated heterocycles. The summed E-state index contributed by atoms with van der Waals surface area (Å²) in [4.78, 5) is 20.9. The molecule has 1 aromatic rings. The average molecular weight is 404 g/mol. The summed E-state index contributed by atoms with van der Waals surface area (Å²) in [5.41, 5.74) is 2.06. The average Bonchev–Trinajstić information content (AvgIpc) is 3.09. The minimum atomic E-state index is -0.486. The van der Waals surface area contributed by atoms with Gasteiger partial charge < -0.3 is 25.2 Å². The number of nitrogens with zero attached hydrogens (tertiary/aromatic N) is 3. The summed E-state index contributed by atoms with van der Waals surface area (Å²) in [6.07, 6.45) is 0.514. The summed E-state index contributed by atoms with van der Waals surface area (Å²) < 4.78 is 5.36. The fraction of sp³-hybridized carbons (Fsp3) is 0.636. The minimum absolute atomic E-state index is 0.0660. The van der Waals surface area contributed by atoms with Crippen molar-refractivity contribution in [1.29, 1.82) is 0 Å². The number of amides is 1. The molecule has 0 aliphatic carbocycles. The minimum Gasteiger partial charge on any atom is -0.444 e. The number of alkyl carbamates (subject to hydrolysis) is 1. The first-order chi connectivity index (χ1) is 13.7. The number of carbonyl (C=O) groups is 1. The molecule has 2 rings (SSSR count). The van der Waals surface area contributed by atoms with Crippen molar-refractivity contribution in [2.75, 3.05) is 33.7 Å². The Morgan fingerprint density at radius 3 is 2.72 bits per heavy atom. The summed E-state index contributed by atoms with van der Waals surface area (Å²) in [6.45, 7) is 12.0. The Balaban J connectivity index is 1.85. The second-order valence-corrected chi connectivity index (χ2v) is 8.63. The summed E-state index contributed by atoms with van der Waals surface area (Å²) in [5, 5.41) is 6.41. The maximum atomic E-state index is 12.0. The van der Waals surface area contributed by atoms with Crippen LogP contribution in [-0.2, 0) is 17.8 Å². The molecule has 1 fully saturated rings. The van der Waals surface area contributed by atoms with Crippen LogP contribution in [0.25, 0.3) is 0 Å². The van der Waals surface area contributed by atoms with Crippen LogP contribution in [0.15, 0.2) is 29.3 Å². The van der Waals surface area contributed by atoms with Crippen LogP contribution in [0.1, 0.15) is 45.2 Å². The summed E-state index contributed by atoms with van der Waals surface area (Å²) in [5.74, 6) is 0.856. The molecular weight excluding hydrogens is 366 g/mol. The van der Waals surface area contributed by atoms with E-state index in [-0.39, 0.29) is 12.1 Å². The zero-order chi connectivity index (χ0) is 21.4. The van der Waals surface area contributed by atoms with Gasteiger partial charge in [-0.15, -0.1) is 0 Å². The predicted molar refractivity (Wildman–Crippen MR) is 118 cm³/mol. The Bertz CT molecular complexity index is 699. The fourth-order valence-corrected chi connectivity index (χ4v) is 3.32. The van der Waals surface area contributed by atoms with E-state index < -0.39 is 5.60 Å². The number of hydrogen-bond acceptors (Lipinski definition) is 4. The van der Waals surface area contributed by atoms with E-state index in [1.807, 2.05) is 20.8 Å². The Kier molecular flexibility index (Phi) is 8.32. The Morgan fingerprint density at radius 1 is 1.34 bits per heavy atom. The van der Waals surface area contributed by atoms with Gasteiger partial charge in [0.05, 0.1) is 6.04 Å². The highest BCUT2D eigenvalue weighted by molar-refractivity contribution is 5.80. The predicted octanol–water partition coefficient (Wildman–Crippen LogP) is 2.81. The molecular formula is C22H37N5O2. The number of guanidine groups is 1. The number of carbonyl (C=O) groups excluding carboxylic acids is 1. The Hall–Kier alpha value is -2.28. The highest BCUT2D eigenvalue weighted by Crippen LogP contribution is 2.13. The van der Waals surface area contributed by atoms with Gasteiger partial charge in [-0.25, -0.2) is 4.79 Å². The highest BCUT2D eigenvalue weighted by Gasteiger charge is 2.27. The van der Waals surface area contributed by atoms with Gasteiger partial charge in [-0.3, -0.25) is 4.99 Å². The molecule has 0 bridgehead atoms. The van der Waals surface area contributed by atoms with Gasteiger partial charge in [0.2, 0.25) is 0 Å². The number of likely N-dealkylation sites (tertiary alicyclic amines) is 1. The lowest BCUT2D eigenvalue weighted by Crippen LogP contribution is -2.44. The number of rotatable bonds is 6. The number of nitrogens with one attached hydrogen (secondary N) is 2. The van der Waals surface area contributed by atoms with Gasteiger partial charge in [0.1, 0.15) is 5.60 Å². The van der Waals surface area contributed by atoms with Crippen molar-refractivity contribution in [3.8, 4) is 0 Å². The maximum absolute atomic E-state index is 12.0. The first-order valence-corrected chi connectivity index (χ1v) is 10.4. The second-order valence-electron chi connectivity index (χ2n) is 8.63. The SMILES string of the molecule is CCN(C)Cc1cccc(CNC(=NC)N2CCC(NC(=O)OC(C)(C)C)C2)c1. The summed E-state index contributed by atoms with van der Waals surface area (Å²) in [6, 6.07) is 8.71. The zero-order valence-corrected chi connectivity index (χ0v) is 18.8. The molecule has 7 nitrogen and oxygen atoms in total. The van der Waals surface area contributed by atoms with Gasteiger partial charge in [-0.1, -0.05) is 31.2 Å². The van der Waals surface area contributed by atoms with Crippen LogP contribution in [0.5, 0.6) is 0 Å². The molecule has 1 unspecified atom stereocenters. The molecule has 0 saturated carbocycles. The molecule has 0 radical (unpaired) electrons. The number of aliphatic imine (C=N–C) groups is 1. The molecule has 0 spiro atoms. The zero-order valence-electron chi connectivity index (χ0n) is 18.8. The lowest BCUT2D eigenvalue weighted by Gasteiger charge is -2.23. The third-order valence-electron chi connectivity index (χ3n) is 4.85. The van der Waals surface area contributed by atoms with Crippen molar-refractivity contribution in [2.45, 2.75) is 58.8 Å². The van der Waals surface area contributed by atoms with Gasteiger partial charge in [0.15, 0.2) is 5.96 Å². The van der Waals surface area contributed by atoms with Crippen molar-refractivity contribution < 1.29 is 9.53 Å². The fourth-order valence-electron chi connectivity index (χ4n) is 3.32. The Labute approximate surface area is 175 Å². The van der Waals surface area contributed by atoms with Crippen molar-refractivity contribution >= 4 is 12.1 Å². The van der Waals surface area contributed by atoms with Crippen LogP contribution >= 0.6 is 0 Å². The van der Waals surface area contributed by atoms with Crippen molar-refractivity contribution in [3.63, 3.8) is 0 Å². The molecule has 1 aliphatic heterocycles. The molecule has 2 N–H and O–H groups in total. The molecule has 29 heavy (non-hydrogen) atoms. The topological polar surface area (TPSA) is 69.2 Å². The second kappa shape index (κ2) is 10.5. The molecule has 1 aromatic carbocycles. The standard InChI is InChI=1S/C22H37N5O2/c1-7-26(6)15-18-10-8-9-17(13-18)14-24-20(23-5)27-12-11-19(16-27)25-21(28)29-22(2,3)4/h8-10,13,19H,7,11-12,14-16H2,1-6H3,(H,23,24)(H,25,28). The number of benzene rings is 1. The summed E-state index contributed by atoms with van der Waals surface area (Å²) in [7, 11) is 3.92. The van der Waals surface area contributed by atoms with Gasteiger partial charge in [-0.2, -0.15) is 0 Å². The van der Waals surface area contributed by atoms with E-state index >= 15 is 0 Å². The van der Waals surface area contributed by atoms with Crippen LogP contribution < -0.4 is 10.6 Å². The molecule has 1 aliphatic rings. The lowest BCUT2D eigenvalue weighted by molar-refractivity contribution is 0.0507. The van der Waals surface area contributed by atoms with E-state index in [4.69, 9.17) is 4.74 Å². The Morgan fingerprint density at radius 2 is 2.07 bits per heavy atom. The first kappa shape index (κ1) is 23.0. The smallest absolute Gasteiger partial charge is 0.407 e. The maximum Gasteiger partial charge on any atom is 0.407 e. The molecule has 1 heterocycles. The lowest BCUT2D eigenvalue weighted by atomic mass is 10.1. The molecule has 1 amide bonds. The van der Waals surface area contributed by atoms with Gasteiger partial charge >= 0.3 is 6.09 Å². The van der Waals surface area contributed by atoms with Crippen LogP contribution in [-0.4, -0.2) is 67.2 Å². The highest BCUT2D eigenvalue weighted by atomic mass is 16.6. The van der Waals surface area contributed by atoms with Crippen LogP contribution in [0.4, 0.5) is 4.79 Å². The molecule has 162 valence electrons. The third-order valence-corrected chi connectivity index (χ3v) is 4.85. The number of ether oxygens (including phenoxy) is 1. The van der Waals surface area contributed by atoms with E-state index in [1.165, 1.54) is 11.1 Å². The molecule has 7 heteroatoms. The van der Waals surface area contributed by atoms with E-state index in [0.717, 1.165) is 45.1 Å². The van der Waals surface area contributed by atoms with E-state index in [0.29, 0.717) is 0 Å². The van der Waals surface area contributed by atoms with Crippen LogP contribution in [0.3, 0.4) is 0 Å². The van der Waals surface area contributed by atoms with E-state index in [1.54, 1.807) is 7.05 Å². The van der Waals surface area contributed by atoms with Crippen molar-refractivity contribution in [3.05, 3.63) is 35.4 Å². The quantitative estimate of drug-likeness (QED) is 0.565. The van der Waals surface area contributed by atoms with Crippen molar-refractivity contribution in [1.82, 2.24) is 20.4 Å². The summed E-state index contributed by atoms with van der Waals surface area (Å²) >= 11 is 0. The van der Waals surface area contributed by atoms with Gasteiger partial charge in [-0.05, 0) is 51.9 Å². The van der Waals surface area contributed by atoms with E-state index in [2.05, 4.69) is 63.7 Å². The van der Waals surface area contributed by atoms with Gasteiger partial charge in [0.25, 0.3) is 0 Å². The monoisotopic (exact) mass is 403 g/mol. The first-order valence-electron chi connectivity index (χ1n) is 10.4. The van der Waals surface area contributed by atoms with Crippen LogP contribution in [0, 0.1) is 0 Å². The number of hydrogen-bond donors (Lipinski definition) is 2.